The van der Waals surface area contributed by atoms with Crippen molar-refractivity contribution in [1.82, 2.24) is 20.1 Å². The van der Waals surface area contributed by atoms with E-state index < -0.39 is 0 Å². The second-order valence-corrected chi connectivity index (χ2v) is 7.91. The van der Waals surface area contributed by atoms with Gasteiger partial charge in [-0.15, -0.1) is 0 Å². The number of benzene rings is 2. The highest BCUT2D eigenvalue weighted by Crippen LogP contribution is 2.22. The average Bonchev–Trinajstić information content (AvgIpc) is 2.81. The molecule has 1 atom stereocenters. The first-order chi connectivity index (χ1) is 15.1. The molecular weight excluding hydrogens is 386 g/mol. The second kappa shape index (κ2) is 9.73. The molecule has 0 bridgehead atoms. The number of pyridine rings is 1. The van der Waals surface area contributed by atoms with Crippen molar-refractivity contribution in [2.24, 2.45) is 0 Å². The van der Waals surface area contributed by atoms with Crippen LogP contribution in [0, 0.1) is 0 Å². The zero-order valence-electron chi connectivity index (χ0n) is 17.9. The molecule has 1 aliphatic rings. The molecule has 160 valence electrons. The number of nitrogen functional groups attached to an aromatic ring is 1. The molecule has 2 heterocycles. The van der Waals surface area contributed by atoms with Crippen LogP contribution in [0.1, 0.15) is 33.1 Å². The fraction of sp³-hybridized carbons (Fsp3) is 0.280. The van der Waals surface area contributed by atoms with Crippen LogP contribution in [-0.2, 0) is 6.54 Å². The summed E-state index contributed by atoms with van der Waals surface area (Å²) in [6, 6.07) is 22.3. The fourth-order valence-electron chi connectivity index (χ4n) is 4.13. The maximum Gasteiger partial charge on any atom is 0.253 e. The van der Waals surface area contributed by atoms with E-state index >= 15 is 0 Å². The van der Waals surface area contributed by atoms with Gasteiger partial charge >= 0.3 is 0 Å². The molecule has 1 aliphatic heterocycles. The van der Waals surface area contributed by atoms with Crippen molar-refractivity contribution in [2.75, 3.05) is 39.0 Å². The summed E-state index contributed by atoms with van der Waals surface area (Å²) in [5, 5.41) is 3.36. The smallest absolute Gasteiger partial charge is 0.253 e. The Morgan fingerprint density at radius 2 is 1.68 bits per heavy atom. The monoisotopic (exact) mass is 415 g/mol. The number of piperazine rings is 1. The Morgan fingerprint density at radius 1 is 1.00 bits per heavy atom. The zero-order chi connectivity index (χ0) is 21.6. The van der Waals surface area contributed by atoms with Crippen LogP contribution in [0.3, 0.4) is 0 Å². The maximum absolute atomic E-state index is 13.0. The Kier molecular flexibility index (Phi) is 6.60. The summed E-state index contributed by atoms with van der Waals surface area (Å²) in [7, 11) is 1.95. The third-order valence-electron chi connectivity index (χ3n) is 5.82. The number of amides is 1. The Labute approximate surface area is 183 Å². The Morgan fingerprint density at radius 3 is 2.32 bits per heavy atom. The van der Waals surface area contributed by atoms with Crippen LogP contribution in [0.25, 0.3) is 0 Å². The van der Waals surface area contributed by atoms with Gasteiger partial charge in [-0.05, 0) is 48.0 Å². The van der Waals surface area contributed by atoms with Crippen molar-refractivity contribution >= 4 is 11.7 Å². The van der Waals surface area contributed by atoms with Gasteiger partial charge in [-0.2, -0.15) is 0 Å². The maximum atomic E-state index is 13.0. The van der Waals surface area contributed by atoms with E-state index in [-0.39, 0.29) is 11.9 Å². The van der Waals surface area contributed by atoms with Gasteiger partial charge in [-0.3, -0.25) is 9.69 Å². The molecule has 1 saturated heterocycles. The number of carbonyl (C=O) groups excluding carboxylic acids is 1. The molecule has 1 fully saturated rings. The molecule has 3 N–H and O–H groups in total. The lowest BCUT2D eigenvalue weighted by Gasteiger charge is -2.34. The van der Waals surface area contributed by atoms with Gasteiger partial charge in [-0.25, -0.2) is 4.98 Å². The van der Waals surface area contributed by atoms with Gasteiger partial charge in [0, 0.05) is 44.5 Å². The van der Waals surface area contributed by atoms with Crippen molar-refractivity contribution in [3.05, 3.63) is 95.2 Å². The molecule has 3 aromatic rings. The van der Waals surface area contributed by atoms with E-state index in [4.69, 9.17) is 5.73 Å². The highest BCUT2D eigenvalue weighted by molar-refractivity contribution is 5.94. The van der Waals surface area contributed by atoms with E-state index in [2.05, 4.69) is 27.3 Å². The number of hydrogen-bond acceptors (Lipinski definition) is 5. The Bertz CT molecular complexity index is 998. The van der Waals surface area contributed by atoms with Crippen molar-refractivity contribution in [2.45, 2.75) is 12.6 Å². The Balaban J connectivity index is 1.36. The number of carbonyl (C=O) groups is 1. The van der Waals surface area contributed by atoms with Gasteiger partial charge in [0.1, 0.15) is 5.82 Å². The lowest BCUT2D eigenvalue weighted by Crippen LogP contribution is -2.48. The number of anilines is 1. The standard InChI is InChI=1S/C25H29N5O/c1-27-24(20-5-3-2-4-6-20)21-7-9-22(10-8-21)25(31)30-15-13-29(14-16-30)18-19-11-12-28-23(26)17-19/h2-12,17,24,27H,13-16,18H2,1H3,(H2,26,28). The van der Waals surface area contributed by atoms with E-state index in [9.17, 15) is 4.79 Å². The van der Waals surface area contributed by atoms with Crippen molar-refractivity contribution in [3.63, 3.8) is 0 Å². The Hall–Kier alpha value is -3.22. The van der Waals surface area contributed by atoms with Gasteiger partial charge < -0.3 is 16.0 Å². The molecule has 1 unspecified atom stereocenters. The number of aromatic nitrogens is 1. The quantitative estimate of drug-likeness (QED) is 0.648. The van der Waals surface area contributed by atoms with Crippen molar-refractivity contribution < 1.29 is 4.79 Å². The van der Waals surface area contributed by atoms with E-state index in [0.717, 1.165) is 49.4 Å². The average molecular weight is 416 g/mol. The first kappa shape index (κ1) is 21.0. The van der Waals surface area contributed by atoms with Crippen LogP contribution in [-0.4, -0.2) is 53.9 Å². The van der Waals surface area contributed by atoms with Crippen LogP contribution in [0.2, 0.25) is 0 Å². The topological polar surface area (TPSA) is 74.5 Å². The van der Waals surface area contributed by atoms with E-state index in [0.29, 0.717) is 5.82 Å². The summed E-state index contributed by atoms with van der Waals surface area (Å²) < 4.78 is 0. The van der Waals surface area contributed by atoms with E-state index in [1.807, 2.05) is 66.5 Å². The molecule has 2 aromatic carbocycles. The minimum absolute atomic E-state index is 0.0973. The van der Waals surface area contributed by atoms with Crippen LogP contribution < -0.4 is 11.1 Å². The van der Waals surface area contributed by atoms with E-state index in [1.54, 1.807) is 6.20 Å². The second-order valence-electron chi connectivity index (χ2n) is 7.91. The van der Waals surface area contributed by atoms with Gasteiger partial charge in [0.2, 0.25) is 0 Å². The van der Waals surface area contributed by atoms with E-state index in [1.165, 1.54) is 5.56 Å². The van der Waals surface area contributed by atoms with Crippen LogP contribution in [0.15, 0.2) is 72.9 Å². The first-order valence-electron chi connectivity index (χ1n) is 10.7. The van der Waals surface area contributed by atoms with Gasteiger partial charge in [0.15, 0.2) is 0 Å². The van der Waals surface area contributed by atoms with Gasteiger partial charge in [0.25, 0.3) is 5.91 Å². The number of nitrogens with zero attached hydrogens (tertiary/aromatic N) is 3. The molecule has 0 aliphatic carbocycles. The normalized spacial score (nSPS) is 15.6. The van der Waals surface area contributed by atoms with Crippen LogP contribution in [0.5, 0.6) is 0 Å². The molecular formula is C25H29N5O. The molecule has 0 saturated carbocycles. The predicted molar refractivity (Wildman–Crippen MR) is 124 cm³/mol. The largest absolute Gasteiger partial charge is 0.384 e. The molecule has 6 nitrogen and oxygen atoms in total. The first-order valence-corrected chi connectivity index (χ1v) is 10.7. The zero-order valence-corrected chi connectivity index (χ0v) is 17.9. The van der Waals surface area contributed by atoms with Crippen molar-refractivity contribution in [3.8, 4) is 0 Å². The van der Waals surface area contributed by atoms with Crippen molar-refractivity contribution in [1.29, 1.82) is 0 Å². The summed E-state index contributed by atoms with van der Waals surface area (Å²) in [4.78, 5) is 21.3. The van der Waals surface area contributed by atoms with Crippen LogP contribution in [0.4, 0.5) is 5.82 Å². The van der Waals surface area contributed by atoms with Crippen LogP contribution >= 0.6 is 0 Å². The number of hydrogen-bond donors (Lipinski definition) is 2. The lowest BCUT2D eigenvalue weighted by atomic mass is 9.97. The predicted octanol–water partition coefficient (Wildman–Crippen LogP) is 2.93. The van der Waals surface area contributed by atoms with Gasteiger partial charge in [0.05, 0.1) is 6.04 Å². The molecule has 0 spiro atoms. The molecule has 31 heavy (non-hydrogen) atoms. The molecule has 4 rings (SSSR count). The number of nitrogens with one attached hydrogen (secondary N) is 1. The highest BCUT2D eigenvalue weighted by atomic mass is 16.2. The number of rotatable bonds is 6. The lowest BCUT2D eigenvalue weighted by molar-refractivity contribution is 0.0628. The third kappa shape index (κ3) is 5.10. The van der Waals surface area contributed by atoms with Gasteiger partial charge in [-0.1, -0.05) is 42.5 Å². The minimum Gasteiger partial charge on any atom is -0.384 e. The summed E-state index contributed by atoms with van der Waals surface area (Å²) in [5.41, 5.74) is 10.0. The molecule has 1 aromatic heterocycles. The summed E-state index contributed by atoms with van der Waals surface area (Å²) >= 11 is 0. The summed E-state index contributed by atoms with van der Waals surface area (Å²) in [5.74, 6) is 0.641. The molecule has 1 amide bonds. The highest BCUT2D eigenvalue weighted by Gasteiger charge is 2.22. The molecule has 6 heteroatoms. The SMILES string of the molecule is CNC(c1ccccc1)c1ccc(C(=O)N2CCN(Cc3ccnc(N)c3)CC2)cc1. The minimum atomic E-state index is 0.0973. The fourth-order valence-corrected chi connectivity index (χ4v) is 4.13. The summed E-state index contributed by atoms with van der Waals surface area (Å²) in [6.07, 6.45) is 1.74. The number of nitrogens with two attached hydrogens (primary N) is 1. The molecule has 0 radical (unpaired) electrons. The summed E-state index contributed by atoms with van der Waals surface area (Å²) in [6.45, 7) is 3.98. The third-order valence-corrected chi connectivity index (χ3v) is 5.82.